The molecule has 0 saturated heterocycles. The van der Waals surface area contributed by atoms with E-state index in [0.717, 1.165) is 31.0 Å². The molecule has 0 aliphatic rings. The van der Waals surface area contributed by atoms with E-state index in [2.05, 4.69) is 52.6 Å². The summed E-state index contributed by atoms with van der Waals surface area (Å²) in [5, 5.41) is 12.2. The molecule has 0 radical (unpaired) electrons. The van der Waals surface area contributed by atoms with Crippen molar-refractivity contribution >= 4 is 5.82 Å². The maximum Gasteiger partial charge on any atom is 0.145 e. The molecule has 0 amide bonds. The van der Waals surface area contributed by atoms with Crippen molar-refractivity contribution in [2.24, 2.45) is 0 Å². The summed E-state index contributed by atoms with van der Waals surface area (Å²) in [4.78, 5) is 6.53. The molecule has 0 bridgehead atoms. The normalized spacial score (nSPS) is 10.4. The van der Waals surface area contributed by atoms with E-state index in [0.29, 0.717) is 5.69 Å². The number of pyridine rings is 1. The third-order valence-corrected chi connectivity index (χ3v) is 3.30. The first-order chi connectivity index (χ1) is 10.2. The standard InChI is InChI=1S/C17H20N4/c1-14-8-9-17(20-16(14)12-18)19-10-11-21(2)13-15-6-4-3-5-7-15/h3-9H,10-11,13H2,1-2H3,(H,19,20). The van der Waals surface area contributed by atoms with Crippen molar-refractivity contribution in [3.8, 4) is 6.07 Å². The molecule has 0 aliphatic heterocycles. The Balaban J connectivity index is 1.80. The van der Waals surface area contributed by atoms with Gasteiger partial charge in [-0.25, -0.2) is 4.98 Å². The molecule has 0 spiro atoms. The van der Waals surface area contributed by atoms with Crippen molar-refractivity contribution in [2.45, 2.75) is 13.5 Å². The van der Waals surface area contributed by atoms with Gasteiger partial charge in [0, 0.05) is 19.6 Å². The van der Waals surface area contributed by atoms with E-state index in [1.165, 1.54) is 5.56 Å². The van der Waals surface area contributed by atoms with Gasteiger partial charge in [0.1, 0.15) is 17.6 Å². The molecule has 21 heavy (non-hydrogen) atoms. The van der Waals surface area contributed by atoms with E-state index >= 15 is 0 Å². The lowest BCUT2D eigenvalue weighted by Crippen LogP contribution is -2.25. The zero-order valence-corrected chi connectivity index (χ0v) is 12.5. The summed E-state index contributed by atoms with van der Waals surface area (Å²) >= 11 is 0. The topological polar surface area (TPSA) is 52.0 Å². The Morgan fingerprint density at radius 3 is 2.67 bits per heavy atom. The first kappa shape index (κ1) is 15.0. The van der Waals surface area contributed by atoms with Gasteiger partial charge in [-0.1, -0.05) is 36.4 Å². The minimum absolute atomic E-state index is 0.484. The van der Waals surface area contributed by atoms with Gasteiger partial charge in [0.05, 0.1) is 0 Å². The maximum atomic E-state index is 8.97. The molecule has 0 saturated carbocycles. The first-order valence-corrected chi connectivity index (χ1v) is 7.03. The molecule has 4 nitrogen and oxygen atoms in total. The SMILES string of the molecule is Cc1ccc(NCCN(C)Cc2ccccc2)nc1C#N. The van der Waals surface area contributed by atoms with Crippen molar-refractivity contribution in [1.82, 2.24) is 9.88 Å². The van der Waals surface area contributed by atoms with Crippen molar-refractivity contribution in [3.05, 3.63) is 59.3 Å². The average molecular weight is 280 g/mol. The molecular formula is C17H20N4. The number of rotatable bonds is 6. The minimum atomic E-state index is 0.484. The Bertz CT molecular complexity index is 616. The van der Waals surface area contributed by atoms with Gasteiger partial charge in [0.25, 0.3) is 0 Å². The fraction of sp³-hybridized carbons (Fsp3) is 0.294. The smallest absolute Gasteiger partial charge is 0.145 e. The van der Waals surface area contributed by atoms with E-state index in [-0.39, 0.29) is 0 Å². The van der Waals surface area contributed by atoms with E-state index in [9.17, 15) is 0 Å². The van der Waals surface area contributed by atoms with Crippen LogP contribution in [0.1, 0.15) is 16.8 Å². The molecule has 1 aromatic heterocycles. The van der Waals surface area contributed by atoms with Crippen LogP contribution >= 0.6 is 0 Å². The lowest BCUT2D eigenvalue weighted by Gasteiger charge is -2.17. The van der Waals surface area contributed by atoms with Crippen LogP contribution in [0.25, 0.3) is 0 Å². The molecule has 0 atom stereocenters. The van der Waals surface area contributed by atoms with Crippen LogP contribution in [0.3, 0.4) is 0 Å². The fourth-order valence-electron chi connectivity index (χ4n) is 2.09. The van der Waals surface area contributed by atoms with Crippen LogP contribution in [0.5, 0.6) is 0 Å². The zero-order chi connectivity index (χ0) is 15.1. The van der Waals surface area contributed by atoms with E-state index < -0.39 is 0 Å². The third-order valence-electron chi connectivity index (χ3n) is 3.30. The number of nitriles is 1. The Kier molecular flexibility index (Phi) is 5.30. The van der Waals surface area contributed by atoms with Gasteiger partial charge in [-0.2, -0.15) is 5.26 Å². The molecule has 1 heterocycles. The van der Waals surface area contributed by atoms with Crippen LogP contribution in [0, 0.1) is 18.3 Å². The molecule has 0 unspecified atom stereocenters. The highest BCUT2D eigenvalue weighted by molar-refractivity contribution is 5.42. The van der Waals surface area contributed by atoms with Gasteiger partial charge in [0.15, 0.2) is 0 Å². The van der Waals surface area contributed by atoms with Gasteiger partial charge in [-0.15, -0.1) is 0 Å². The highest BCUT2D eigenvalue weighted by atomic mass is 15.1. The molecule has 1 aromatic carbocycles. The molecule has 4 heteroatoms. The van der Waals surface area contributed by atoms with Gasteiger partial charge in [-0.3, -0.25) is 0 Å². The number of aromatic nitrogens is 1. The number of nitrogens with zero attached hydrogens (tertiary/aromatic N) is 3. The highest BCUT2D eigenvalue weighted by Gasteiger charge is 2.02. The molecule has 1 N–H and O–H groups in total. The Hall–Kier alpha value is -2.38. The summed E-state index contributed by atoms with van der Waals surface area (Å²) in [5.74, 6) is 0.755. The van der Waals surface area contributed by atoms with E-state index in [4.69, 9.17) is 5.26 Å². The Labute approximate surface area is 126 Å². The second kappa shape index (κ2) is 7.41. The summed E-state index contributed by atoms with van der Waals surface area (Å²) in [7, 11) is 2.10. The van der Waals surface area contributed by atoms with Crippen LogP contribution in [0.15, 0.2) is 42.5 Å². The predicted octanol–water partition coefficient (Wildman–Crippen LogP) is 2.81. The number of hydrogen-bond donors (Lipinski definition) is 1. The lowest BCUT2D eigenvalue weighted by molar-refractivity contribution is 0.340. The number of hydrogen-bond acceptors (Lipinski definition) is 4. The monoisotopic (exact) mass is 280 g/mol. The van der Waals surface area contributed by atoms with Crippen LogP contribution in [0.4, 0.5) is 5.82 Å². The van der Waals surface area contributed by atoms with Crippen LogP contribution < -0.4 is 5.32 Å². The van der Waals surface area contributed by atoms with Gasteiger partial charge < -0.3 is 10.2 Å². The van der Waals surface area contributed by atoms with Crippen LogP contribution in [-0.2, 0) is 6.54 Å². The molecule has 2 rings (SSSR count). The molecule has 0 fully saturated rings. The summed E-state index contributed by atoms with van der Waals surface area (Å²) in [6.45, 7) is 4.52. The second-order valence-electron chi connectivity index (χ2n) is 5.12. The number of aryl methyl sites for hydroxylation is 1. The molecular weight excluding hydrogens is 260 g/mol. The summed E-state index contributed by atoms with van der Waals surface area (Å²) in [6.07, 6.45) is 0. The van der Waals surface area contributed by atoms with Gasteiger partial charge in [-0.05, 0) is 31.2 Å². The number of nitrogens with one attached hydrogen (secondary N) is 1. The summed E-state index contributed by atoms with van der Waals surface area (Å²) < 4.78 is 0. The van der Waals surface area contributed by atoms with Crippen molar-refractivity contribution in [3.63, 3.8) is 0 Å². The van der Waals surface area contributed by atoms with Crippen LogP contribution in [-0.4, -0.2) is 30.0 Å². The number of likely N-dealkylation sites (N-methyl/N-ethyl adjacent to an activating group) is 1. The van der Waals surface area contributed by atoms with E-state index in [1.807, 2.05) is 25.1 Å². The van der Waals surface area contributed by atoms with Gasteiger partial charge >= 0.3 is 0 Å². The van der Waals surface area contributed by atoms with Crippen molar-refractivity contribution < 1.29 is 0 Å². The molecule has 0 aliphatic carbocycles. The number of anilines is 1. The first-order valence-electron chi connectivity index (χ1n) is 7.03. The largest absolute Gasteiger partial charge is 0.369 e. The summed E-state index contributed by atoms with van der Waals surface area (Å²) in [6, 6.07) is 16.3. The second-order valence-corrected chi connectivity index (χ2v) is 5.12. The zero-order valence-electron chi connectivity index (χ0n) is 12.5. The van der Waals surface area contributed by atoms with Crippen LogP contribution in [0.2, 0.25) is 0 Å². The number of benzene rings is 1. The minimum Gasteiger partial charge on any atom is -0.369 e. The molecule has 108 valence electrons. The Morgan fingerprint density at radius 1 is 1.19 bits per heavy atom. The van der Waals surface area contributed by atoms with Crippen molar-refractivity contribution in [2.75, 3.05) is 25.5 Å². The van der Waals surface area contributed by atoms with E-state index in [1.54, 1.807) is 0 Å². The fourth-order valence-corrected chi connectivity index (χ4v) is 2.09. The highest BCUT2D eigenvalue weighted by Crippen LogP contribution is 2.09. The predicted molar refractivity (Wildman–Crippen MR) is 85.0 cm³/mol. The maximum absolute atomic E-state index is 8.97. The Morgan fingerprint density at radius 2 is 1.95 bits per heavy atom. The quantitative estimate of drug-likeness (QED) is 0.884. The molecule has 2 aromatic rings. The average Bonchev–Trinajstić information content (AvgIpc) is 2.50. The lowest BCUT2D eigenvalue weighted by atomic mass is 10.2. The summed E-state index contributed by atoms with van der Waals surface area (Å²) in [5.41, 5.74) is 2.70. The third kappa shape index (κ3) is 4.59. The van der Waals surface area contributed by atoms with Gasteiger partial charge in [0.2, 0.25) is 0 Å². The van der Waals surface area contributed by atoms with Crippen molar-refractivity contribution in [1.29, 1.82) is 5.26 Å².